The van der Waals surface area contributed by atoms with Crippen LogP contribution >= 0.6 is 0 Å². The number of para-hydroxylation sites is 1. The summed E-state index contributed by atoms with van der Waals surface area (Å²) >= 11 is 0. The van der Waals surface area contributed by atoms with Gasteiger partial charge in [0, 0.05) is 25.3 Å². The summed E-state index contributed by atoms with van der Waals surface area (Å²) in [5, 5.41) is 0. The van der Waals surface area contributed by atoms with Crippen LogP contribution in [0.4, 0.5) is 5.69 Å². The second kappa shape index (κ2) is 4.61. The number of benzene rings is 1. The molecule has 0 saturated heterocycles. The number of anilines is 1. The fourth-order valence-corrected chi connectivity index (χ4v) is 1.31. The van der Waals surface area contributed by atoms with Crippen molar-refractivity contribution in [3.63, 3.8) is 0 Å². The van der Waals surface area contributed by atoms with Crippen molar-refractivity contribution >= 4 is 11.5 Å². The highest BCUT2D eigenvalue weighted by atomic mass is 16.1. The number of hydrogen-bond acceptors (Lipinski definition) is 2. The minimum atomic E-state index is 0.0526. The monoisotopic (exact) mass is 189 g/mol. The SMILES string of the molecule is C/C=C/C(=O)c1ccccc1N(C)C. The number of nitrogens with zero attached hydrogens (tertiary/aromatic N) is 1. The van der Waals surface area contributed by atoms with Gasteiger partial charge in [0.2, 0.25) is 0 Å². The van der Waals surface area contributed by atoms with Gasteiger partial charge >= 0.3 is 0 Å². The van der Waals surface area contributed by atoms with Gasteiger partial charge in [0.25, 0.3) is 0 Å². The first-order chi connectivity index (χ1) is 6.66. The average Bonchev–Trinajstić information content (AvgIpc) is 2.18. The second-order valence-electron chi connectivity index (χ2n) is 3.28. The Kier molecular flexibility index (Phi) is 3.46. The van der Waals surface area contributed by atoms with Crippen molar-refractivity contribution in [2.24, 2.45) is 0 Å². The number of hydrogen-bond donors (Lipinski definition) is 0. The molecule has 0 radical (unpaired) electrons. The fourth-order valence-electron chi connectivity index (χ4n) is 1.31. The molecule has 0 atom stereocenters. The second-order valence-corrected chi connectivity index (χ2v) is 3.28. The minimum Gasteiger partial charge on any atom is -0.377 e. The lowest BCUT2D eigenvalue weighted by molar-refractivity contribution is 0.104. The van der Waals surface area contributed by atoms with Gasteiger partial charge in [-0.05, 0) is 25.1 Å². The van der Waals surface area contributed by atoms with Crippen LogP contribution < -0.4 is 4.90 Å². The quantitative estimate of drug-likeness (QED) is 0.538. The standard InChI is InChI=1S/C12H15NO/c1-4-7-12(14)10-8-5-6-9-11(10)13(2)3/h4-9H,1-3H3/b7-4+. The molecule has 74 valence electrons. The van der Waals surface area contributed by atoms with E-state index in [1.54, 1.807) is 12.2 Å². The lowest BCUT2D eigenvalue weighted by atomic mass is 10.1. The van der Waals surface area contributed by atoms with Gasteiger partial charge in [0.1, 0.15) is 0 Å². The van der Waals surface area contributed by atoms with Gasteiger partial charge in [-0.2, -0.15) is 0 Å². The van der Waals surface area contributed by atoms with E-state index in [0.29, 0.717) is 0 Å². The number of carbonyl (C=O) groups is 1. The number of rotatable bonds is 3. The van der Waals surface area contributed by atoms with Crippen LogP contribution in [0.1, 0.15) is 17.3 Å². The number of allylic oxidation sites excluding steroid dienone is 2. The van der Waals surface area contributed by atoms with E-state index in [-0.39, 0.29) is 5.78 Å². The number of carbonyl (C=O) groups excluding carboxylic acids is 1. The van der Waals surface area contributed by atoms with E-state index in [1.165, 1.54) is 0 Å². The van der Waals surface area contributed by atoms with Gasteiger partial charge in [0.05, 0.1) is 0 Å². The zero-order valence-corrected chi connectivity index (χ0v) is 8.82. The van der Waals surface area contributed by atoms with Crippen molar-refractivity contribution in [3.05, 3.63) is 42.0 Å². The van der Waals surface area contributed by atoms with Crippen LogP contribution in [0.3, 0.4) is 0 Å². The molecule has 1 rings (SSSR count). The highest BCUT2D eigenvalue weighted by molar-refractivity contribution is 6.08. The van der Waals surface area contributed by atoms with Crippen LogP contribution in [0.15, 0.2) is 36.4 Å². The summed E-state index contributed by atoms with van der Waals surface area (Å²) in [6.07, 6.45) is 3.34. The summed E-state index contributed by atoms with van der Waals surface area (Å²) in [4.78, 5) is 13.6. The molecule has 1 aromatic rings. The fraction of sp³-hybridized carbons (Fsp3) is 0.250. The Hall–Kier alpha value is -1.57. The first kappa shape index (κ1) is 10.5. The molecule has 0 bridgehead atoms. The first-order valence-corrected chi connectivity index (χ1v) is 4.60. The normalized spacial score (nSPS) is 10.5. The first-order valence-electron chi connectivity index (χ1n) is 4.60. The zero-order chi connectivity index (χ0) is 10.6. The summed E-state index contributed by atoms with van der Waals surface area (Å²) in [6.45, 7) is 1.84. The molecule has 0 spiro atoms. The summed E-state index contributed by atoms with van der Waals surface area (Å²) in [5.41, 5.74) is 1.70. The molecule has 0 fully saturated rings. The lowest BCUT2D eigenvalue weighted by Gasteiger charge is -2.15. The molecule has 0 aliphatic carbocycles. The molecular weight excluding hydrogens is 174 g/mol. The van der Waals surface area contributed by atoms with E-state index in [9.17, 15) is 4.79 Å². The summed E-state index contributed by atoms with van der Waals surface area (Å²) in [5.74, 6) is 0.0526. The largest absolute Gasteiger partial charge is 0.377 e. The lowest BCUT2D eigenvalue weighted by Crippen LogP contribution is -2.12. The molecule has 0 unspecified atom stereocenters. The predicted molar refractivity (Wildman–Crippen MR) is 59.9 cm³/mol. The molecule has 0 amide bonds. The van der Waals surface area contributed by atoms with E-state index in [1.807, 2.05) is 50.2 Å². The van der Waals surface area contributed by atoms with Crippen LogP contribution in [-0.2, 0) is 0 Å². The van der Waals surface area contributed by atoms with Gasteiger partial charge in [0.15, 0.2) is 5.78 Å². The Labute approximate surface area is 84.9 Å². The van der Waals surface area contributed by atoms with E-state index >= 15 is 0 Å². The highest BCUT2D eigenvalue weighted by Gasteiger charge is 2.08. The highest BCUT2D eigenvalue weighted by Crippen LogP contribution is 2.18. The molecule has 2 nitrogen and oxygen atoms in total. The van der Waals surface area contributed by atoms with Gasteiger partial charge in [-0.15, -0.1) is 0 Å². The van der Waals surface area contributed by atoms with Gasteiger partial charge in [-0.25, -0.2) is 0 Å². The Bertz CT molecular complexity index is 353. The molecular formula is C12H15NO. The van der Waals surface area contributed by atoms with E-state index < -0.39 is 0 Å². The molecule has 0 N–H and O–H groups in total. The Morgan fingerprint density at radius 1 is 1.29 bits per heavy atom. The van der Waals surface area contributed by atoms with Crippen molar-refractivity contribution < 1.29 is 4.79 Å². The van der Waals surface area contributed by atoms with Crippen LogP contribution in [-0.4, -0.2) is 19.9 Å². The van der Waals surface area contributed by atoms with E-state index in [2.05, 4.69) is 0 Å². The zero-order valence-electron chi connectivity index (χ0n) is 8.82. The maximum Gasteiger partial charge on any atom is 0.187 e. The Morgan fingerprint density at radius 3 is 2.50 bits per heavy atom. The number of ketones is 1. The van der Waals surface area contributed by atoms with Crippen LogP contribution in [0.25, 0.3) is 0 Å². The van der Waals surface area contributed by atoms with Crippen LogP contribution in [0.2, 0.25) is 0 Å². The van der Waals surface area contributed by atoms with Gasteiger partial charge in [-0.3, -0.25) is 4.79 Å². The molecule has 0 saturated carbocycles. The maximum absolute atomic E-state index is 11.7. The maximum atomic E-state index is 11.7. The minimum absolute atomic E-state index is 0.0526. The van der Waals surface area contributed by atoms with Crippen molar-refractivity contribution in [2.75, 3.05) is 19.0 Å². The molecule has 2 heteroatoms. The van der Waals surface area contributed by atoms with Gasteiger partial charge in [-0.1, -0.05) is 18.2 Å². The summed E-state index contributed by atoms with van der Waals surface area (Å²) in [7, 11) is 3.86. The third-order valence-corrected chi connectivity index (χ3v) is 1.97. The Balaban J connectivity index is 3.13. The van der Waals surface area contributed by atoms with Crippen molar-refractivity contribution in [1.82, 2.24) is 0 Å². The van der Waals surface area contributed by atoms with Crippen LogP contribution in [0.5, 0.6) is 0 Å². The molecule has 14 heavy (non-hydrogen) atoms. The summed E-state index contributed by atoms with van der Waals surface area (Å²) in [6, 6.07) is 7.60. The third-order valence-electron chi connectivity index (χ3n) is 1.97. The predicted octanol–water partition coefficient (Wildman–Crippen LogP) is 2.51. The summed E-state index contributed by atoms with van der Waals surface area (Å²) < 4.78 is 0. The molecule has 0 aliphatic heterocycles. The molecule has 1 aromatic carbocycles. The smallest absolute Gasteiger partial charge is 0.187 e. The van der Waals surface area contributed by atoms with Crippen molar-refractivity contribution in [1.29, 1.82) is 0 Å². The topological polar surface area (TPSA) is 20.3 Å². The van der Waals surface area contributed by atoms with E-state index in [4.69, 9.17) is 0 Å². The third kappa shape index (κ3) is 2.22. The van der Waals surface area contributed by atoms with Gasteiger partial charge < -0.3 is 4.90 Å². The van der Waals surface area contributed by atoms with Crippen molar-refractivity contribution in [2.45, 2.75) is 6.92 Å². The van der Waals surface area contributed by atoms with Crippen LogP contribution in [0, 0.1) is 0 Å². The molecule has 0 aliphatic rings. The molecule has 0 aromatic heterocycles. The van der Waals surface area contributed by atoms with Crippen molar-refractivity contribution in [3.8, 4) is 0 Å². The van der Waals surface area contributed by atoms with E-state index in [0.717, 1.165) is 11.3 Å². The average molecular weight is 189 g/mol. The molecule has 0 heterocycles. The Morgan fingerprint density at radius 2 is 1.93 bits per heavy atom.